The van der Waals surface area contributed by atoms with E-state index in [0.717, 1.165) is 11.1 Å². The lowest BCUT2D eigenvalue weighted by atomic mass is 9.78. The molecule has 0 aliphatic carbocycles. The van der Waals surface area contributed by atoms with Gasteiger partial charge in [0.25, 0.3) is 0 Å². The molecule has 0 spiro atoms. The van der Waals surface area contributed by atoms with Gasteiger partial charge in [-0.25, -0.2) is 4.79 Å². The van der Waals surface area contributed by atoms with Gasteiger partial charge in [-0.3, -0.25) is 29.7 Å². The number of rotatable bonds is 13. The van der Waals surface area contributed by atoms with Crippen LogP contribution in [0.4, 0.5) is 5.69 Å². The molecule has 3 amide bonds. The van der Waals surface area contributed by atoms with Crippen molar-refractivity contribution in [2.24, 2.45) is 16.6 Å². The zero-order chi connectivity index (χ0) is 31.5. The Morgan fingerprint density at radius 2 is 1.39 bits per heavy atom. The first-order valence-electron chi connectivity index (χ1n) is 14.6. The van der Waals surface area contributed by atoms with Gasteiger partial charge in [0.1, 0.15) is 17.8 Å². The number of hydrogen-bond donors (Lipinski definition) is 4. The summed E-state index contributed by atoms with van der Waals surface area (Å²) in [5.74, 6) is -3.54. The Kier molecular flexibility index (Phi) is 11.5. The van der Waals surface area contributed by atoms with E-state index in [1.54, 1.807) is 18.2 Å². The van der Waals surface area contributed by atoms with Crippen LogP contribution in [-0.2, 0) is 32.0 Å². The van der Waals surface area contributed by atoms with Gasteiger partial charge in [-0.2, -0.15) is 4.99 Å². The maximum Gasteiger partial charge on any atom is 0.334 e. The Morgan fingerprint density at radius 1 is 0.841 bits per heavy atom. The Hall–Kier alpha value is -4.71. The maximum absolute atomic E-state index is 13.3. The van der Waals surface area contributed by atoms with Crippen molar-refractivity contribution in [2.45, 2.75) is 50.6 Å². The fraction of sp³-hybridized carbons (Fsp3) is 0.303. The first-order chi connectivity index (χ1) is 21.2. The molecule has 4 atom stereocenters. The number of aryl methyl sites for hydroxylation is 2. The van der Waals surface area contributed by atoms with E-state index in [-0.39, 0.29) is 49.8 Å². The molecule has 1 fully saturated rings. The SMILES string of the molecule is NC(=NC(=O)CCc1ccccc1)N(CCCC1C(C(=O)O)NC1C(=O)[NH+]([O-])c1ccccc1)C(=O)CCc1ccccc1. The van der Waals surface area contributed by atoms with Crippen molar-refractivity contribution in [2.75, 3.05) is 6.54 Å². The number of aliphatic imine (C=N–C) groups is 1. The molecule has 1 heterocycles. The summed E-state index contributed by atoms with van der Waals surface area (Å²) in [5, 5.41) is 24.4. The number of hydrogen-bond acceptors (Lipinski definition) is 6. The van der Waals surface area contributed by atoms with Crippen LogP contribution in [0.3, 0.4) is 0 Å². The fourth-order valence-corrected chi connectivity index (χ4v) is 5.27. The van der Waals surface area contributed by atoms with E-state index in [9.17, 15) is 29.5 Å². The molecular formula is C33H37N5O6. The summed E-state index contributed by atoms with van der Waals surface area (Å²) in [6, 6.07) is 25.0. The minimum Gasteiger partial charge on any atom is -0.621 e. The highest BCUT2D eigenvalue weighted by molar-refractivity contribution is 6.01. The molecular weight excluding hydrogens is 562 g/mol. The second-order valence-electron chi connectivity index (χ2n) is 10.7. The number of carboxylic acid groups (broad SMARTS) is 1. The smallest absolute Gasteiger partial charge is 0.334 e. The maximum atomic E-state index is 13.3. The first kappa shape index (κ1) is 32.2. The summed E-state index contributed by atoms with van der Waals surface area (Å²) in [6.07, 6.45) is 1.65. The van der Waals surface area contributed by atoms with Crippen molar-refractivity contribution < 1.29 is 29.3 Å². The standard InChI is InChI=1S/C33H37N5O6/c34-33(35-27(39)20-18-23-11-4-1-5-12-23)37(28(40)21-19-24-13-6-2-7-14-24)22-10-17-26-29(36-30(26)32(42)43)31(41)38(44)25-15-8-3-9-16-25/h1-9,11-16,26,29-30,36,38H,10,17-22H2,(H,42,43)(H2,34,35,39). The molecule has 1 saturated heterocycles. The van der Waals surface area contributed by atoms with Gasteiger partial charge in [0.05, 0.1) is 0 Å². The second kappa shape index (κ2) is 15.7. The molecule has 44 heavy (non-hydrogen) atoms. The molecule has 230 valence electrons. The van der Waals surface area contributed by atoms with Crippen LogP contribution < -0.4 is 16.1 Å². The Labute approximate surface area is 256 Å². The third-order valence-corrected chi connectivity index (χ3v) is 7.70. The molecule has 1 aliphatic rings. The number of nitrogens with zero attached hydrogens (tertiary/aromatic N) is 2. The summed E-state index contributed by atoms with van der Waals surface area (Å²) in [6.45, 7) is 0.0608. The van der Waals surface area contributed by atoms with Crippen LogP contribution in [0.5, 0.6) is 0 Å². The van der Waals surface area contributed by atoms with E-state index in [0.29, 0.717) is 12.8 Å². The molecule has 11 nitrogen and oxygen atoms in total. The number of carbonyl (C=O) groups is 4. The number of aliphatic carboxylic acids is 1. The average molecular weight is 600 g/mol. The zero-order valence-electron chi connectivity index (χ0n) is 24.3. The van der Waals surface area contributed by atoms with Crippen LogP contribution in [-0.4, -0.2) is 58.3 Å². The third-order valence-electron chi connectivity index (χ3n) is 7.70. The number of nitrogens with two attached hydrogens (primary N) is 1. The lowest BCUT2D eigenvalue weighted by Gasteiger charge is -2.43. The van der Waals surface area contributed by atoms with E-state index < -0.39 is 40.8 Å². The summed E-state index contributed by atoms with van der Waals surface area (Å²) in [5.41, 5.74) is 8.37. The number of benzene rings is 3. The van der Waals surface area contributed by atoms with Crippen molar-refractivity contribution in [3.05, 3.63) is 107 Å². The molecule has 5 N–H and O–H groups in total. The van der Waals surface area contributed by atoms with Gasteiger partial charge in [-0.15, -0.1) is 0 Å². The molecule has 1 aliphatic heterocycles. The van der Waals surface area contributed by atoms with Crippen LogP contribution in [0.1, 0.15) is 36.8 Å². The normalized spacial score (nSPS) is 18.6. The fourth-order valence-electron chi connectivity index (χ4n) is 5.27. The Bertz CT molecular complexity index is 1450. The number of carbonyl (C=O) groups excluding carboxylic acids is 3. The molecule has 0 aromatic heterocycles. The number of para-hydroxylation sites is 1. The van der Waals surface area contributed by atoms with Crippen LogP contribution in [0, 0.1) is 11.1 Å². The highest BCUT2D eigenvalue weighted by atomic mass is 16.5. The molecule has 4 unspecified atom stereocenters. The Morgan fingerprint density at radius 3 is 1.95 bits per heavy atom. The van der Waals surface area contributed by atoms with Crippen molar-refractivity contribution in [3.8, 4) is 0 Å². The predicted molar refractivity (Wildman–Crippen MR) is 164 cm³/mol. The second-order valence-corrected chi connectivity index (χ2v) is 10.7. The van der Waals surface area contributed by atoms with Crippen LogP contribution in [0.25, 0.3) is 0 Å². The predicted octanol–water partition coefficient (Wildman–Crippen LogP) is 1.98. The van der Waals surface area contributed by atoms with Crippen molar-refractivity contribution in [3.63, 3.8) is 0 Å². The largest absolute Gasteiger partial charge is 0.621 e. The zero-order valence-corrected chi connectivity index (χ0v) is 24.3. The lowest BCUT2D eigenvalue weighted by molar-refractivity contribution is -0.691. The van der Waals surface area contributed by atoms with E-state index >= 15 is 0 Å². The molecule has 0 bridgehead atoms. The van der Waals surface area contributed by atoms with Crippen molar-refractivity contribution >= 4 is 35.3 Å². The highest BCUT2D eigenvalue weighted by Gasteiger charge is 2.50. The number of carboxylic acids is 1. The minimum atomic E-state index is -1.13. The quantitative estimate of drug-likeness (QED) is 0.131. The van der Waals surface area contributed by atoms with Gasteiger partial charge in [-0.05, 0) is 48.9 Å². The van der Waals surface area contributed by atoms with Crippen LogP contribution in [0.15, 0.2) is 96.0 Å². The third kappa shape index (κ3) is 8.66. The topological polar surface area (TPSA) is 170 Å². The summed E-state index contributed by atoms with van der Waals surface area (Å²) in [4.78, 5) is 56.0. The number of guanidine groups is 1. The van der Waals surface area contributed by atoms with Gasteiger partial charge in [0.15, 0.2) is 0 Å². The monoisotopic (exact) mass is 599 g/mol. The van der Waals surface area contributed by atoms with Gasteiger partial charge in [0, 0.05) is 25.3 Å². The van der Waals surface area contributed by atoms with Crippen molar-refractivity contribution in [1.29, 1.82) is 0 Å². The molecule has 11 heteroatoms. The number of hydroxylamine groups is 1. The minimum absolute atomic E-state index is 0.0608. The number of amides is 3. The van der Waals surface area contributed by atoms with Crippen LogP contribution in [0.2, 0.25) is 0 Å². The average Bonchev–Trinajstić information content (AvgIpc) is 3.02. The van der Waals surface area contributed by atoms with Gasteiger partial charge in [0.2, 0.25) is 17.8 Å². The summed E-state index contributed by atoms with van der Waals surface area (Å²) < 4.78 is 0. The number of quaternary nitrogens is 1. The molecule has 3 aromatic rings. The van der Waals surface area contributed by atoms with Crippen LogP contribution >= 0.6 is 0 Å². The lowest BCUT2D eigenvalue weighted by Crippen LogP contribution is -3.08. The van der Waals surface area contributed by atoms with Gasteiger partial charge < -0.3 is 16.0 Å². The number of nitrogens with one attached hydrogen (secondary N) is 2. The summed E-state index contributed by atoms with van der Waals surface area (Å²) >= 11 is 0. The Balaban J connectivity index is 1.42. The van der Waals surface area contributed by atoms with Gasteiger partial charge >= 0.3 is 11.9 Å². The van der Waals surface area contributed by atoms with Gasteiger partial charge in [-0.1, -0.05) is 78.9 Å². The van der Waals surface area contributed by atoms with E-state index in [1.165, 1.54) is 17.0 Å². The first-order valence-corrected chi connectivity index (χ1v) is 14.6. The van der Waals surface area contributed by atoms with E-state index in [2.05, 4.69) is 10.3 Å². The summed E-state index contributed by atoms with van der Waals surface area (Å²) in [7, 11) is 0. The van der Waals surface area contributed by atoms with Crippen molar-refractivity contribution in [1.82, 2.24) is 10.2 Å². The van der Waals surface area contributed by atoms with E-state index in [4.69, 9.17) is 5.73 Å². The molecule has 4 rings (SSSR count). The van der Waals surface area contributed by atoms with E-state index in [1.807, 2.05) is 60.7 Å². The molecule has 3 aromatic carbocycles. The highest BCUT2D eigenvalue weighted by Crippen LogP contribution is 2.27. The molecule has 0 saturated carbocycles. The molecule has 0 radical (unpaired) electrons.